The van der Waals surface area contributed by atoms with Crippen molar-refractivity contribution in [3.63, 3.8) is 0 Å². The molecule has 0 radical (unpaired) electrons. The number of hydrogen-bond acceptors (Lipinski definition) is 2. The van der Waals surface area contributed by atoms with E-state index in [0.717, 1.165) is 24.3 Å². The van der Waals surface area contributed by atoms with E-state index in [1.165, 1.54) is 0 Å². The fourth-order valence-corrected chi connectivity index (χ4v) is 2.05. The monoisotopic (exact) mass is 222 g/mol. The van der Waals surface area contributed by atoms with Crippen LogP contribution in [0.25, 0.3) is 0 Å². The van der Waals surface area contributed by atoms with Crippen molar-refractivity contribution in [1.29, 1.82) is 0 Å². The van der Waals surface area contributed by atoms with E-state index >= 15 is 0 Å². The summed E-state index contributed by atoms with van der Waals surface area (Å²) in [5.41, 5.74) is 2.59. The maximum absolute atomic E-state index is 13.4. The minimum Gasteiger partial charge on any atom is -0.381 e. The second kappa shape index (κ2) is 4.32. The molecule has 2 rings (SSSR count). The van der Waals surface area contributed by atoms with E-state index in [1.54, 1.807) is 13.0 Å². The lowest BCUT2D eigenvalue weighted by molar-refractivity contribution is 0.477. The molecular weight excluding hydrogens is 203 g/mol. The first-order chi connectivity index (χ1) is 7.61. The van der Waals surface area contributed by atoms with Gasteiger partial charge in [-0.05, 0) is 30.5 Å². The van der Waals surface area contributed by atoms with Gasteiger partial charge in [-0.2, -0.15) is 0 Å². The van der Waals surface area contributed by atoms with Crippen LogP contribution in [0.4, 0.5) is 15.8 Å². The Morgan fingerprint density at radius 1 is 1.44 bits per heavy atom. The van der Waals surface area contributed by atoms with Crippen LogP contribution in [-0.4, -0.2) is 12.6 Å². The summed E-state index contributed by atoms with van der Waals surface area (Å²) < 4.78 is 13.4. The molecule has 0 fully saturated rings. The summed E-state index contributed by atoms with van der Waals surface area (Å²) in [6.45, 7) is 7.09. The molecule has 2 nitrogen and oxygen atoms in total. The van der Waals surface area contributed by atoms with Crippen molar-refractivity contribution in [1.82, 2.24) is 0 Å². The normalized spacial score (nSPS) is 20.6. The quantitative estimate of drug-likeness (QED) is 0.801. The van der Waals surface area contributed by atoms with Crippen molar-refractivity contribution in [2.45, 2.75) is 33.2 Å². The number of aryl methyl sites for hydroxylation is 1. The Labute approximate surface area is 96.2 Å². The number of rotatable bonds is 2. The van der Waals surface area contributed by atoms with Crippen molar-refractivity contribution < 1.29 is 4.39 Å². The predicted octanol–water partition coefficient (Wildman–Crippen LogP) is 3.39. The smallest absolute Gasteiger partial charge is 0.128 e. The average Bonchev–Trinajstić information content (AvgIpc) is 2.29. The topological polar surface area (TPSA) is 24.1 Å². The van der Waals surface area contributed by atoms with E-state index in [9.17, 15) is 4.39 Å². The largest absolute Gasteiger partial charge is 0.381 e. The highest BCUT2D eigenvalue weighted by Gasteiger charge is 2.22. The lowest BCUT2D eigenvalue weighted by Gasteiger charge is -2.32. The van der Waals surface area contributed by atoms with Gasteiger partial charge in [-0.25, -0.2) is 4.39 Å². The van der Waals surface area contributed by atoms with Gasteiger partial charge in [0, 0.05) is 12.6 Å². The minimum absolute atomic E-state index is 0.143. The molecule has 0 saturated carbocycles. The summed E-state index contributed by atoms with van der Waals surface area (Å²) in [5.74, 6) is 0.473. The highest BCUT2D eigenvalue weighted by atomic mass is 19.1. The fourth-order valence-electron chi connectivity index (χ4n) is 2.05. The highest BCUT2D eigenvalue weighted by molar-refractivity contribution is 5.72. The third-order valence-corrected chi connectivity index (χ3v) is 3.48. The molecule has 1 aromatic carbocycles. The van der Waals surface area contributed by atoms with Gasteiger partial charge in [-0.1, -0.05) is 20.3 Å². The molecule has 2 atom stereocenters. The zero-order valence-electron chi connectivity index (χ0n) is 10.1. The van der Waals surface area contributed by atoms with Gasteiger partial charge in [0.15, 0.2) is 0 Å². The number of nitrogens with one attached hydrogen (secondary N) is 2. The molecule has 0 aliphatic carbocycles. The molecule has 1 aliphatic heterocycles. The Kier molecular flexibility index (Phi) is 3.03. The molecule has 0 saturated heterocycles. The Bertz CT molecular complexity index is 390. The summed E-state index contributed by atoms with van der Waals surface area (Å²) in [5, 5.41) is 6.78. The number of hydrogen-bond donors (Lipinski definition) is 2. The first-order valence-corrected chi connectivity index (χ1v) is 5.92. The van der Waals surface area contributed by atoms with E-state index in [4.69, 9.17) is 0 Å². The number of fused-ring (bicyclic) bond motifs is 1. The summed E-state index contributed by atoms with van der Waals surface area (Å²) >= 11 is 0. The van der Waals surface area contributed by atoms with Crippen LogP contribution in [0.2, 0.25) is 0 Å². The van der Waals surface area contributed by atoms with Crippen LogP contribution in [0.15, 0.2) is 12.1 Å². The van der Waals surface area contributed by atoms with Crippen molar-refractivity contribution in [3.05, 3.63) is 23.5 Å². The Morgan fingerprint density at radius 2 is 2.19 bits per heavy atom. The van der Waals surface area contributed by atoms with Crippen molar-refractivity contribution >= 4 is 11.4 Å². The summed E-state index contributed by atoms with van der Waals surface area (Å²) in [4.78, 5) is 0. The molecule has 0 bridgehead atoms. The average molecular weight is 222 g/mol. The lowest BCUT2D eigenvalue weighted by Crippen LogP contribution is -2.38. The first-order valence-electron chi connectivity index (χ1n) is 5.92. The SMILES string of the molecule is CCC(C)C1CNc2cc(F)c(C)cc2N1. The van der Waals surface area contributed by atoms with E-state index in [-0.39, 0.29) is 5.82 Å². The molecule has 0 spiro atoms. The van der Waals surface area contributed by atoms with E-state index in [0.29, 0.717) is 17.5 Å². The van der Waals surface area contributed by atoms with Crippen molar-refractivity contribution in [3.8, 4) is 0 Å². The molecule has 16 heavy (non-hydrogen) atoms. The molecule has 1 aliphatic rings. The second-order valence-electron chi connectivity index (χ2n) is 4.66. The van der Waals surface area contributed by atoms with E-state index < -0.39 is 0 Å². The van der Waals surface area contributed by atoms with Gasteiger partial charge in [0.25, 0.3) is 0 Å². The molecule has 2 N–H and O–H groups in total. The predicted molar refractivity (Wildman–Crippen MR) is 66.5 cm³/mol. The maximum atomic E-state index is 13.4. The van der Waals surface area contributed by atoms with E-state index in [1.807, 2.05) is 6.07 Å². The number of benzene rings is 1. The van der Waals surface area contributed by atoms with Gasteiger partial charge in [0.2, 0.25) is 0 Å². The molecule has 2 unspecified atom stereocenters. The third-order valence-electron chi connectivity index (χ3n) is 3.48. The van der Waals surface area contributed by atoms with Crippen LogP contribution < -0.4 is 10.6 Å². The highest BCUT2D eigenvalue weighted by Crippen LogP contribution is 2.30. The van der Waals surface area contributed by atoms with Gasteiger partial charge in [-0.3, -0.25) is 0 Å². The molecule has 0 aromatic heterocycles. The second-order valence-corrected chi connectivity index (χ2v) is 4.66. The number of halogens is 1. The molecule has 1 heterocycles. The van der Waals surface area contributed by atoms with Gasteiger partial charge < -0.3 is 10.6 Å². The standard InChI is InChI=1S/C13H19FN2/c1-4-8(2)13-7-15-11-6-10(14)9(3)5-12(11)16-13/h5-6,8,13,15-16H,4,7H2,1-3H3. The van der Waals surface area contributed by atoms with Crippen molar-refractivity contribution in [2.75, 3.05) is 17.2 Å². The van der Waals surface area contributed by atoms with Crippen LogP contribution in [0.1, 0.15) is 25.8 Å². The molecule has 0 amide bonds. The fraction of sp³-hybridized carbons (Fsp3) is 0.538. The van der Waals surface area contributed by atoms with Gasteiger partial charge in [0.05, 0.1) is 11.4 Å². The van der Waals surface area contributed by atoms with Crippen LogP contribution in [-0.2, 0) is 0 Å². The lowest BCUT2D eigenvalue weighted by atomic mass is 9.96. The van der Waals surface area contributed by atoms with Crippen LogP contribution in [0, 0.1) is 18.7 Å². The molecular formula is C13H19FN2. The van der Waals surface area contributed by atoms with Crippen LogP contribution in [0.5, 0.6) is 0 Å². The Balaban J connectivity index is 2.23. The van der Waals surface area contributed by atoms with Crippen LogP contribution in [0.3, 0.4) is 0 Å². The zero-order chi connectivity index (χ0) is 11.7. The summed E-state index contributed by atoms with van der Waals surface area (Å²) in [7, 11) is 0. The Morgan fingerprint density at radius 3 is 2.88 bits per heavy atom. The van der Waals surface area contributed by atoms with Gasteiger partial charge in [-0.15, -0.1) is 0 Å². The number of anilines is 2. The molecule has 88 valence electrons. The first kappa shape index (κ1) is 11.2. The third kappa shape index (κ3) is 1.99. The van der Waals surface area contributed by atoms with Gasteiger partial charge >= 0.3 is 0 Å². The van der Waals surface area contributed by atoms with Crippen molar-refractivity contribution in [2.24, 2.45) is 5.92 Å². The summed E-state index contributed by atoms with van der Waals surface area (Å²) in [6.07, 6.45) is 1.15. The van der Waals surface area contributed by atoms with E-state index in [2.05, 4.69) is 24.5 Å². The maximum Gasteiger partial charge on any atom is 0.128 e. The van der Waals surface area contributed by atoms with Gasteiger partial charge in [0.1, 0.15) is 5.82 Å². The zero-order valence-corrected chi connectivity index (χ0v) is 10.1. The molecule has 3 heteroatoms. The Hall–Kier alpha value is -1.25. The minimum atomic E-state index is -0.143. The summed E-state index contributed by atoms with van der Waals surface area (Å²) in [6, 6.07) is 3.89. The molecule has 1 aromatic rings. The van der Waals surface area contributed by atoms with Crippen LogP contribution >= 0.6 is 0 Å².